The lowest BCUT2D eigenvalue weighted by atomic mass is 9.69. The molecule has 0 aromatic carbocycles. The number of hydrogen-bond donors (Lipinski definition) is 3. The van der Waals surface area contributed by atoms with Gasteiger partial charge in [0.25, 0.3) is 13.6 Å². The summed E-state index contributed by atoms with van der Waals surface area (Å²) in [5.41, 5.74) is -7.15. The second-order valence-electron chi connectivity index (χ2n) is 10.9. The van der Waals surface area contributed by atoms with Crippen molar-refractivity contribution in [1.82, 2.24) is 5.32 Å². The van der Waals surface area contributed by atoms with E-state index in [9.17, 15) is 43.8 Å². The normalized spacial score (nSPS) is 32.3. The van der Waals surface area contributed by atoms with Crippen molar-refractivity contribution in [2.45, 2.75) is 103 Å². The molecule has 0 aliphatic carbocycles. The predicted octanol–water partition coefficient (Wildman–Crippen LogP) is 0.289. The average Bonchev–Trinajstić information content (AvgIpc) is 2.99. The average molecular weight is 869 g/mol. The molecule has 3 N–H and O–H groups in total. The number of amides is 1. The number of halogens is 6. The van der Waals surface area contributed by atoms with Gasteiger partial charge in [-0.3, -0.25) is 28.8 Å². The molecule has 0 aromatic heterocycles. The molecule has 19 nitrogen and oxygen atoms in total. The minimum absolute atomic E-state index is 0.521. The summed E-state index contributed by atoms with van der Waals surface area (Å²) in [6.07, 6.45) is -14.6. The largest absolute Gasteiger partial charge is 0.467 e. The number of aliphatic hydroxyl groups is 2. The van der Waals surface area contributed by atoms with Gasteiger partial charge in [-0.2, -0.15) is 0 Å². The van der Waals surface area contributed by atoms with E-state index in [1.165, 1.54) is 0 Å². The molecular formula is C27H32Cl6N2O17. The first kappa shape index (κ1) is 45.9. The zero-order chi connectivity index (χ0) is 40.1. The van der Waals surface area contributed by atoms with Gasteiger partial charge in [0.1, 0.15) is 24.9 Å². The molecule has 0 bridgehead atoms. The van der Waals surface area contributed by atoms with Crippen LogP contribution in [0.15, 0.2) is 4.99 Å². The Kier molecular flexibility index (Phi) is 15.8. The number of alkyl halides is 6. The number of nitrogens with one attached hydrogen (secondary N) is 1. The highest BCUT2D eigenvalue weighted by Crippen LogP contribution is 2.44. The van der Waals surface area contributed by atoms with E-state index in [1.807, 2.05) is 0 Å². The summed E-state index contributed by atoms with van der Waals surface area (Å²) >= 11 is 34.3. The van der Waals surface area contributed by atoms with Crippen molar-refractivity contribution in [2.24, 2.45) is 4.99 Å². The van der Waals surface area contributed by atoms with Crippen LogP contribution in [0.25, 0.3) is 0 Å². The molecule has 0 aromatic rings. The van der Waals surface area contributed by atoms with Crippen LogP contribution in [-0.4, -0.2) is 140 Å². The van der Waals surface area contributed by atoms with Crippen molar-refractivity contribution in [2.75, 3.05) is 13.7 Å². The Labute approximate surface area is 324 Å². The number of rotatable bonds is 12. The van der Waals surface area contributed by atoms with Crippen molar-refractivity contribution in [3.8, 4) is 0 Å². The Hall–Kier alpha value is -2.30. The van der Waals surface area contributed by atoms with Crippen molar-refractivity contribution in [1.29, 1.82) is 0 Å². The van der Waals surface area contributed by atoms with Gasteiger partial charge in [-0.15, -0.1) is 0 Å². The summed E-state index contributed by atoms with van der Waals surface area (Å²) in [4.78, 5) is 92.3. The van der Waals surface area contributed by atoms with Gasteiger partial charge < -0.3 is 53.4 Å². The number of ketones is 2. The fourth-order valence-electron chi connectivity index (χ4n) is 5.10. The molecule has 2 heterocycles. The van der Waals surface area contributed by atoms with Crippen LogP contribution >= 0.6 is 69.6 Å². The van der Waals surface area contributed by atoms with E-state index in [0.29, 0.717) is 20.2 Å². The number of nitrogens with zero attached hydrogens (tertiary/aromatic N) is 1. The highest BCUT2D eigenvalue weighted by molar-refractivity contribution is 6.76. The molecule has 294 valence electrons. The predicted molar refractivity (Wildman–Crippen MR) is 175 cm³/mol. The van der Waals surface area contributed by atoms with Crippen LogP contribution in [0.2, 0.25) is 0 Å². The van der Waals surface area contributed by atoms with E-state index in [2.05, 4.69) is 15.0 Å². The molecule has 2 saturated heterocycles. The molecule has 52 heavy (non-hydrogen) atoms. The van der Waals surface area contributed by atoms with Crippen molar-refractivity contribution < 1.29 is 81.7 Å². The summed E-state index contributed by atoms with van der Waals surface area (Å²) in [5.74, 6) is -8.96. The standard InChI is InChI=1S/C27H32Cl6N2O17/c1-9(36)24(43)19(49-13(5)40)18(20(41)45-6)52-23(25(24,44)10(2)37)51-17-15(35-22(42)26(28,29)30)21(47-8-34-27(31,32)33)50-14(7-46-11(3)38)16(17)48-12(4)39/h8,14-19,21,23,43-44H,7H2,1-6H3,(H,35,42)/b34-8+/t14-,15-,16-,17-,18+,19-,21-,23-,24+,25+/m1/s1. The number of esters is 4. The van der Waals surface area contributed by atoms with Crippen LogP contribution in [-0.2, 0) is 71.5 Å². The smallest absolute Gasteiger partial charge is 0.339 e. The van der Waals surface area contributed by atoms with Crippen molar-refractivity contribution in [3.63, 3.8) is 0 Å². The number of ether oxygens (including phenoxy) is 8. The van der Waals surface area contributed by atoms with Crippen LogP contribution in [0.3, 0.4) is 0 Å². The van der Waals surface area contributed by atoms with Gasteiger partial charge in [0.2, 0.25) is 17.5 Å². The summed E-state index contributed by atoms with van der Waals surface area (Å²) in [5, 5.41) is 26.1. The van der Waals surface area contributed by atoms with Crippen molar-refractivity contribution >= 4 is 117 Å². The minimum Gasteiger partial charge on any atom is -0.467 e. The van der Waals surface area contributed by atoms with Crippen LogP contribution in [0.1, 0.15) is 34.6 Å². The summed E-state index contributed by atoms with van der Waals surface area (Å²) in [6, 6.07) is -1.96. The van der Waals surface area contributed by atoms with E-state index in [1.54, 1.807) is 0 Å². The Morgan fingerprint density at radius 2 is 1.38 bits per heavy atom. The molecule has 0 spiro atoms. The molecule has 2 aliphatic heterocycles. The molecule has 25 heteroatoms. The molecule has 0 unspecified atom stereocenters. The Morgan fingerprint density at radius 3 is 1.83 bits per heavy atom. The van der Waals surface area contributed by atoms with Gasteiger partial charge >= 0.3 is 23.9 Å². The lowest BCUT2D eigenvalue weighted by Crippen LogP contribution is -2.81. The summed E-state index contributed by atoms with van der Waals surface area (Å²) < 4.78 is 37.9. The molecule has 0 radical (unpaired) electrons. The Bertz CT molecular complexity index is 1440. The third-order valence-corrected chi connectivity index (χ3v) is 8.12. The number of Topliss-reactive ketones (excluding diaryl/α,β-unsaturated/α-hetero) is 2. The quantitative estimate of drug-likeness (QED) is 0.0595. The lowest BCUT2D eigenvalue weighted by Gasteiger charge is -2.54. The number of hydrogen-bond acceptors (Lipinski definition) is 18. The second-order valence-corrected chi connectivity index (χ2v) is 15.4. The van der Waals surface area contributed by atoms with E-state index in [-0.39, 0.29) is 0 Å². The van der Waals surface area contributed by atoms with Crippen LogP contribution < -0.4 is 5.32 Å². The molecule has 10 atom stereocenters. The summed E-state index contributed by atoms with van der Waals surface area (Å²) in [7, 11) is 0.836. The molecule has 2 rings (SSSR count). The first-order valence-corrected chi connectivity index (χ1v) is 16.6. The number of carbonyl (C=O) groups is 7. The molecule has 1 amide bonds. The topological polar surface area (TPSA) is 258 Å². The van der Waals surface area contributed by atoms with Gasteiger partial charge in [0.05, 0.1) is 7.11 Å². The van der Waals surface area contributed by atoms with Crippen LogP contribution in [0.4, 0.5) is 0 Å². The molecular weight excluding hydrogens is 837 g/mol. The molecule has 2 aliphatic rings. The highest BCUT2D eigenvalue weighted by atomic mass is 35.6. The van der Waals surface area contributed by atoms with Gasteiger partial charge in [-0.05, 0) is 13.8 Å². The Morgan fingerprint density at radius 1 is 0.827 bits per heavy atom. The molecule has 0 saturated carbocycles. The monoisotopic (exact) mass is 866 g/mol. The van der Waals surface area contributed by atoms with Crippen LogP contribution in [0, 0.1) is 0 Å². The third-order valence-electron chi connectivity index (χ3n) is 7.31. The van der Waals surface area contributed by atoms with E-state index >= 15 is 0 Å². The zero-order valence-electron chi connectivity index (χ0n) is 27.6. The van der Waals surface area contributed by atoms with E-state index < -0.39 is 116 Å². The summed E-state index contributed by atoms with van der Waals surface area (Å²) in [6.45, 7) is 3.28. The number of carbonyl (C=O) groups excluding carboxylic acids is 7. The first-order chi connectivity index (χ1) is 23.7. The number of methoxy groups -OCH3 is 1. The Balaban J connectivity index is 2.98. The van der Waals surface area contributed by atoms with Gasteiger partial charge in [-0.25, -0.2) is 9.79 Å². The SMILES string of the molecule is COC(=O)[C@H]1O[C@@H](O[C@@H]2[C@@H](NC(=O)C(Cl)(Cl)Cl)[C@H](O/C=N/C(Cl)(Cl)Cl)O[C@H](COC(C)=O)[C@H]2OC(C)=O)[C@@](O)(C(C)=O)[C@](O)(C(C)=O)[C@@H]1OC(C)=O. The lowest BCUT2D eigenvalue weighted by molar-refractivity contribution is -0.368. The maximum atomic E-state index is 13.3. The fraction of sp³-hybridized carbons (Fsp3) is 0.704. The maximum Gasteiger partial charge on any atom is 0.339 e. The van der Waals surface area contributed by atoms with E-state index in [0.717, 1.165) is 27.9 Å². The van der Waals surface area contributed by atoms with Gasteiger partial charge in [-0.1, -0.05) is 69.6 Å². The minimum atomic E-state index is -3.61. The van der Waals surface area contributed by atoms with Gasteiger partial charge in [0.15, 0.2) is 42.6 Å². The zero-order valence-corrected chi connectivity index (χ0v) is 32.2. The number of aliphatic imine (C=N–C) groups is 1. The van der Waals surface area contributed by atoms with Gasteiger partial charge in [0, 0.05) is 20.8 Å². The highest BCUT2D eigenvalue weighted by Gasteiger charge is 2.74. The van der Waals surface area contributed by atoms with Crippen LogP contribution in [0.5, 0.6) is 0 Å². The fourth-order valence-corrected chi connectivity index (χ4v) is 5.38. The maximum absolute atomic E-state index is 13.3. The second kappa shape index (κ2) is 17.9. The third kappa shape index (κ3) is 10.7. The van der Waals surface area contributed by atoms with Crippen molar-refractivity contribution in [3.05, 3.63) is 0 Å². The first-order valence-electron chi connectivity index (χ1n) is 14.3. The molecule has 2 fully saturated rings. The van der Waals surface area contributed by atoms with E-state index in [4.69, 9.17) is 103 Å².